The van der Waals surface area contributed by atoms with E-state index in [1.54, 1.807) is 32.7 Å². The molecule has 14 nitrogen and oxygen atoms in total. The summed E-state index contributed by atoms with van der Waals surface area (Å²) in [7, 11) is 1.99. The third-order valence-corrected chi connectivity index (χ3v) is 9.63. The standard InChI is InChI=1S/C22H21N5O2.C19H19N5O2.C2H6/c1-25-19-10-6-5-9-18(19)23-21(25)14-26-11-12-27-20(22(26)28)13-16(24-27)15-29-17-7-3-2-4-8-17;1-14-17(21-8-7-20-14)12-23-9-10-24-18(19(23)25)11-15(22-24)13-26-16-5-3-2-4-6-16;1-2/h2-10,13H,11-12,14-15H2,1H3;2-8,11H,9-10,12-13H2,1H3;1-2H3. The van der Waals surface area contributed by atoms with Gasteiger partial charge in [-0.3, -0.25) is 28.9 Å². The van der Waals surface area contributed by atoms with E-state index in [4.69, 9.17) is 14.5 Å². The van der Waals surface area contributed by atoms with E-state index < -0.39 is 0 Å². The summed E-state index contributed by atoms with van der Waals surface area (Å²) in [5, 5.41) is 9.02. The maximum absolute atomic E-state index is 13.0. The summed E-state index contributed by atoms with van der Waals surface area (Å²) in [6.07, 6.45) is 3.31. The van der Waals surface area contributed by atoms with Gasteiger partial charge in [-0.2, -0.15) is 10.2 Å². The zero-order chi connectivity index (χ0) is 39.7. The predicted molar refractivity (Wildman–Crippen MR) is 214 cm³/mol. The van der Waals surface area contributed by atoms with Crippen LogP contribution in [0.3, 0.4) is 0 Å². The summed E-state index contributed by atoms with van der Waals surface area (Å²) in [6, 6.07) is 30.8. The molecule has 0 atom stereocenters. The van der Waals surface area contributed by atoms with Crippen molar-refractivity contribution >= 4 is 22.8 Å². The fourth-order valence-electron chi connectivity index (χ4n) is 6.65. The first-order chi connectivity index (χ1) is 27.9. The van der Waals surface area contributed by atoms with Gasteiger partial charge in [0.05, 0.1) is 48.6 Å². The van der Waals surface area contributed by atoms with Crippen LogP contribution < -0.4 is 9.47 Å². The van der Waals surface area contributed by atoms with E-state index in [0.29, 0.717) is 63.9 Å². The van der Waals surface area contributed by atoms with Crippen LogP contribution in [0, 0.1) is 6.92 Å². The summed E-state index contributed by atoms with van der Waals surface area (Å²) < 4.78 is 17.1. The third kappa shape index (κ3) is 8.85. The van der Waals surface area contributed by atoms with Gasteiger partial charge in [-0.05, 0) is 55.5 Å². The molecule has 2 aliphatic heterocycles. The van der Waals surface area contributed by atoms with Gasteiger partial charge >= 0.3 is 0 Å². The maximum Gasteiger partial charge on any atom is 0.272 e. The molecule has 0 bridgehead atoms. The molecule has 2 aliphatic rings. The molecule has 292 valence electrons. The van der Waals surface area contributed by atoms with Gasteiger partial charge < -0.3 is 23.8 Å². The average molecular weight is 767 g/mol. The summed E-state index contributed by atoms with van der Waals surface area (Å²) in [5.74, 6) is 2.37. The highest BCUT2D eigenvalue weighted by Gasteiger charge is 2.29. The van der Waals surface area contributed by atoms with Gasteiger partial charge in [0.25, 0.3) is 11.8 Å². The Hall–Kier alpha value is -6.83. The molecule has 7 aromatic rings. The van der Waals surface area contributed by atoms with Crippen molar-refractivity contribution in [3.05, 3.63) is 149 Å². The number of benzene rings is 3. The zero-order valence-corrected chi connectivity index (χ0v) is 32.7. The number of hydrogen-bond donors (Lipinski definition) is 0. The van der Waals surface area contributed by atoms with Gasteiger partial charge in [0.1, 0.15) is 53.3 Å². The Kier molecular flexibility index (Phi) is 12.0. The number of nitrogens with zero attached hydrogens (tertiary/aromatic N) is 10. The SMILES string of the molecule is CC.Cc1nccnc1CN1CCn2nc(COc3ccccc3)cc2C1=O.Cn1c(CN2CCn3nc(COc4ccccc4)cc3C2=O)nc2ccccc21. The Morgan fingerprint density at radius 1 is 0.632 bits per heavy atom. The van der Waals surface area contributed by atoms with Crippen LogP contribution in [-0.4, -0.2) is 73.8 Å². The first-order valence-corrected chi connectivity index (χ1v) is 19.1. The summed E-state index contributed by atoms with van der Waals surface area (Å²) >= 11 is 0. The van der Waals surface area contributed by atoms with Gasteiger partial charge in [0.2, 0.25) is 0 Å². The molecule has 0 aliphatic carbocycles. The van der Waals surface area contributed by atoms with Gasteiger partial charge in [-0.25, -0.2) is 4.98 Å². The molecule has 6 heterocycles. The highest BCUT2D eigenvalue weighted by Crippen LogP contribution is 2.21. The minimum absolute atomic E-state index is 0.0261. The first-order valence-electron chi connectivity index (χ1n) is 19.1. The first kappa shape index (κ1) is 38.4. The van der Waals surface area contributed by atoms with E-state index in [9.17, 15) is 9.59 Å². The number of rotatable bonds is 10. The summed E-state index contributed by atoms with van der Waals surface area (Å²) in [4.78, 5) is 42.7. The Balaban J connectivity index is 0.000000168. The molecule has 0 saturated carbocycles. The molecular weight excluding hydrogens is 721 g/mol. The lowest BCUT2D eigenvalue weighted by atomic mass is 10.2. The molecule has 0 spiro atoms. The van der Waals surface area contributed by atoms with E-state index in [-0.39, 0.29) is 11.8 Å². The average Bonchev–Trinajstić information content (AvgIpc) is 3.97. The van der Waals surface area contributed by atoms with Gasteiger partial charge in [-0.1, -0.05) is 62.4 Å². The van der Waals surface area contributed by atoms with Crippen molar-refractivity contribution in [1.82, 2.24) is 48.9 Å². The maximum atomic E-state index is 13.0. The van der Waals surface area contributed by atoms with Gasteiger partial charge in [0.15, 0.2) is 0 Å². The van der Waals surface area contributed by atoms with E-state index in [1.165, 1.54) is 0 Å². The third-order valence-electron chi connectivity index (χ3n) is 9.63. The highest BCUT2D eigenvalue weighted by atomic mass is 16.5. The highest BCUT2D eigenvalue weighted by molar-refractivity contribution is 5.94. The van der Waals surface area contributed by atoms with Crippen molar-refractivity contribution in [2.24, 2.45) is 7.05 Å². The van der Waals surface area contributed by atoms with E-state index >= 15 is 0 Å². The zero-order valence-electron chi connectivity index (χ0n) is 32.7. The van der Waals surface area contributed by atoms with E-state index in [1.807, 2.05) is 128 Å². The fraction of sp³-hybridized carbons (Fsp3) is 0.279. The van der Waals surface area contributed by atoms with Crippen molar-refractivity contribution in [2.45, 2.75) is 60.2 Å². The quantitative estimate of drug-likeness (QED) is 0.158. The second kappa shape index (κ2) is 17.8. The predicted octanol–water partition coefficient (Wildman–Crippen LogP) is 6.25. The lowest BCUT2D eigenvalue weighted by Crippen LogP contribution is -2.40. The molecule has 4 aromatic heterocycles. The van der Waals surface area contributed by atoms with Gasteiger partial charge in [-0.15, -0.1) is 0 Å². The summed E-state index contributed by atoms with van der Waals surface area (Å²) in [6.45, 7) is 10.0. The smallest absolute Gasteiger partial charge is 0.272 e. The molecule has 14 heteroatoms. The summed E-state index contributed by atoms with van der Waals surface area (Å²) in [5.41, 5.74) is 6.36. The minimum Gasteiger partial charge on any atom is -0.487 e. The van der Waals surface area contributed by atoms with Crippen molar-refractivity contribution in [1.29, 1.82) is 0 Å². The lowest BCUT2D eigenvalue weighted by molar-refractivity contribution is 0.0672. The number of aryl methyl sites for hydroxylation is 2. The molecular formula is C43H46N10O4. The van der Waals surface area contributed by atoms with E-state index in [0.717, 1.165) is 51.1 Å². The topological polar surface area (TPSA) is 138 Å². The van der Waals surface area contributed by atoms with Crippen LogP contribution in [0.1, 0.15) is 63.4 Å². The van der Waals surface area contributed by atoms with Crippen LogP contribution in [0.15, 0.2) is 109 Å². The van der Waals surface area contributed by atoms with Crippen molar-refractivity contribution in [3.8, 4) is 11.5 Å². The lowest BCUT2D eigenvalue weighted by Gasteiger charge is -2.27. The molecule has 9 rings (SSSR count). The van der Waals surface area contributed by atoms with Crippen LogP contribution in [0.5, 0.6) is 11.5 Å². The number of amides is 2. The number of hydrogen-bond acceptors (Lipinski definition) is 9. The van der Waals surface area contributed by atoms with Crippen molar-refractivity contribution < 1.29 is 19.1 Å². The molecule has 2 amide bonds. The Bertz CT molecular complexity index is 2440. The number of fused-ring (bicyclic) bond motifs is 3. The second-order valence-electron chi connectivity index (χ2n) is 13.3. The monoisotopic (exact) mass is 766 g/mol. The number of ether oxygens (including phenoxy) is 2. The van der Waals surface area contributed by atoms with Crippen molar-refractivity contribution in [3.63, 3.8) is 0 Å². The number of imidazole rings is 1. The van der Waals surface area contributed by atoms with Crippen LogP contribution in [0.4, 0.5) is 0 Å². The molecule has 0 N–H and O–H groups in total. The molecule has 0 radical (unpaired) electrons. The van der Waals surface area contributed by atoms with Crippen LogP contribution in [-0.2, 0) is 46.4 Å². The number of para-hydroxylation sites is 4. The normalized spacial score (nSPS) is 13.3. The number of carbonyl (C=O) groups excluding carboxylic acids is 2. The van der Waals surface area contributed by atoms with E-state index in [2.05, 4.69) is 20.2 Å². The number of carbonyl (C=O) groups is 2. The molecule has 0 saturated heterocycles. The largest absolute Gasteiger partial charge is 0.487 e. The molecule has 3 aromatic carbocycles. The molecule has 57 heavy (non-hydrogen) atoms. The van der Waals surface area contributed by atoms with Crippen LogP contribution >= 0.6 is 0 Å². The molecule has 0 fully saturated rings. The minimum atomic E-state index is -0.0419. The van der Waals surface area contributed by atoms with Gasteiger partial charge in [0, 0.05) is 32.5 Å². The van der Waals surface area contributed by atoms with Crippen molar-refractivity contribution in [2.75, 3.05) is 13.1 Å². The molecule has 0 unspecified atom stereocenters. The fourth-order valence-corrected chi connectivity index (χ4v) is 6.65. The van der Waals surface area contributed by atoms with Crippen LogP contribution in [0.2, 0.25) is 0 Å². The number of aromatic nitrogens is 8. The Morgan fingerprint density at radius 2 is 1.14 bits per heavy atom. The second-order valence-corrected chi connectivity index (χ2v) is 13.3. The Labute approximate surface area is 331 Å². The Morgan fingerprint density at radius 3 is 1.68 bits per heavy atom. The van der Waals surface area contributed by atoms with Crippen LogP contribution in [0.25, 0.3) is 11.0 Å².